The molecule has 4 heteroatoms. The van der Waals surface area contributed by atoms with Crippen LogP contribution in [0.3, 0.4) is 0 Å². The summed E-state index contributed by atoms with van der Waals surface area (Å²) in [6.45, 7) is 0. The van der Waals surface area contributed by atoms with Crippen molar-refractivity contribution in [2.24, 2.45) is 0 Å². The summed E-state index contributed by atoms with van der Waals surface area (Å²) in [7, 11) is 1.27. The largest absolute Gasteiger partial charge is 0.468 e. The molecule has 1 aromatic carbocycles. The average molecular weight is 210 g/mol. The second-order valence-electron chi connectivity index (χ2n) is 2.62. The maximum absolute atomic E-state index is 11.1. The predicted molar refractivity (Wildman–Crippen MR) is 51.8 cm³/mol. The van der Waals surface area contributed by atoms with Crippen molar-refractivity contribution in [3.05, 3.63) is 35.4 Å². The average Bonchev–Trinajstić information content (AvgIpc) is 2.27. The Labute approximate surface area is 86.9 Å². The van der Waals surface area contributed by atoms with Gasteiger partial charge < -0.3 is 4.74 Å². The molecule has 14 heavy (non-hydrogen) atoms. The summed E-state index contributed by atoms with van der Waals surface area (Å²) in [5, 5.41) is 7.78. The number of carbonyl (C=O) groups excluding carboxylic acids is 1. The Morgan fingerprint density at radius 1 is 1.64 bits per heavy atom. The molecule has 1 atom stereocenters. The van der Waals surface area contributed by atoms with Crippen LogP contribution in [-0.4, -0.2) is 13.1 Å². The topological polar surface area (TPSA) is 50.1 Å². The first-order chi connectivity index (χ1) is 6.69. The van der Waals surface area contributed by atoms with E-state index in [1.807, 2.05) is 6.07 Å². The van der Waals surface area contributed by atoms with E-state index in [4.69, 9.17) is 16.9 Å². The summed E-state index contributed by atoms with van der Waals surface area (Å²) >= 11 is 5.80. The molecule has 0 spiro atoms. The summed E-state index contributed by atoms with van der Waals surface area (Å²) in [5.74, 6) is -0.526. The Balaban J connectivity index is 2.96. The normalized spacial score (nSPS) is 11.5. The highest BCUT2D eigenvalue weighted by molar-refractivity contribution is 6.29. The zero-order valence-corrected chi connectivity index (χ0v) is 8.28. The van der Waals surface area contributed by atoms with Crippen LogP contribution in [0.15, 0.2) is 24.3 Å². The van der Waals surface area contributed by atoms with Crippen LogP contribution in [0.5, 0.6) is 0 Å². The standard InChI is InChI=1S/C10H8ClNO2/c1-14-10(13)9(11)8-4-2-3-7(5-8)6-12/h2-5,9H,1H3/t9-/m0/s1. The van der Waals surface area contributed by atoms with Crippen LogP contribution in [0.25, 0.3) is 0 Å². The Morgan fingerprint density at radius 3 is 2.93 bits per heavy atom. The molecular weight excluding hydrogens is 202 g/mol. The second-order valence-corrected chi connectivity index (χ2v) is 3.06. The van der Waals surface area contributed by atoms with E-state index in [0.717, 1.165) is 0 Å². The molecule has 0 saturated heterocycles. The number of nitriles is 1. The Bertz CT molecular complexity index is 384. The number of rotatable bonds is 2. The van der Waals surface area contributed by atoms with E-state index in [1.54, 1.807) is 24.3 Å². The highest BCUT2D eigenvalue weighted by atomic mass is 35.5. The molecule has 0 fully saturated rings. The lowest BCUT2D eigenvalue weighted by molar-refractivity contribution is -0.140. The predicted octanol–water partition coefficient (Wildman–Crippen LogP) is 2.01. The quantitative estimate of drug-likeness (QED) is 0.553. The molecule has 0 heterocycles. The molecule has 0 amide bonds. The number of hydrogen-bond acceptors (Lipinski definition) is 3. The van der Waals surface area contributed by atoms with Gasteiger partial charge in [-0.1, -0.05) is 12.1 Å². The number of carbonyl (C=O) groups is 1. The Kier molecular flexibility index (Phi) is 3.49. The second kappa shape index (κ2) is 4.64. The van der Waals surface area contributed by atoms with Gasteiger partial charge in [-0.15, -0.1) is 11.6 Å². The zero-order valence-electron chi connectivity index (χ0n) is 7.53. The minimum Gasteiger partial charge on any atom is -0.468 e. The summed E-state index contributed by atoms with van der Waals surface area (Å²) < 4.78 is 4.49. The van der Waals surface area contributed by atoms with Crippen LogP contribution < -0.4 is 0 Å². The van der Waals surface area contributed by atoms with Crippen molar-refractivity contribution in [1.29, 1.82) is 5.26 Å². The molecule has 0 radical (unpaired) electrons. The number of esters is 1. The van der Waals surface area contributed by atoms with Gasteiger partial charge >= 0.3 is 5.97 Å². The van der Waals surface area contributed by atoms with Gasteiger partial charge in [0.25, 0.3) is 0 Å². The number of alkyl halides is 1. The van der Waals surface area contributed by atoms with Crippen molar-refractivity contribution in [3.8, 4) is 6.07 Å². The van der Waals surface area contributed by atoms with Gasteiger partial charge in [-0.05, 0) is 17.7 Å². The molecule has 0 aliphatic rings. The molecular formula is C10H8ClNO2. The van der Waals surface area contributed by atoms with Crippen LogP contribution in [0.1, 0.15) is 16.5 Å². The number of ether oxygens (including phenoxy) is 1. The van der Waals surface area contributed by atoms with Gasteiger partial charge in [0.15, 0.2) is 5.38 Å². The highest BCUT2D eigenvalue weighted by Gasteiger charge is 2.17. The fraction of sp³-hybridized carbons (Fsp3) is 0.200. The minimum atomic E-state index is -0.853. The van der Waals surface area contributed by atoms with Crippen molar-refractivity contribution in [2.45, 2.75) is 5.38 Å². The first kappa shape index (κ1) is 10.6. The van der Waals surface area contributed by atoms with Crippen LogP contribution in [0.2, 0.25) is 0 Å². The smallest absolute Gasteiger partial charge is 0.328 e. The van der Waals surface area contributed by atoms with E-state index in [0.29, 0.717) is 11.1 Å². The highest BCUT2D eigenvalue weighted by Crippen LogP contribution is 2.22. The van der Waals surface area contributed by atoms with Gasteiger partial charge in [0.1, 0.15) is 0 Å². The van der Waals surface area contributed by atoms with Gasteiger partial charge in [0, 0.05) is 0 Å². The van der Waals surface area contributed by atoms with Gasteiger partial charge in [0.05, 0.1) is 18.7 Å². The first-order valence-electron chi connectivity index (χ1n) is 3.91. The number of nitrogens with zero attached hydrogens (tertiary/aromatic N) is 1. The first-order valence-corrected chi connectivity index (χ1v) is 4.34. The van der Waals surface area contributed by atoms with E-state index in [1.165, 1.54) is 7.11 Å². The van der Waals surface area contributed by atoms with Gasteiger partial charge in [-0.2, -0.15) is 5.26 Å². The monoisotopic (exact) mass is 209 g/mol. The molecule has 1 rings (SSSR count). The Hall–Kier alpha value is -1.53. The third-order valence-corrected chi connectivity index (χ3v) is 2.15. The van der Waals surface area contributed by atoms with Crippen molar-refractivity contribution < 1.29 is 9.53 Å². The number of benzene rings is 1. The van der Waals surface area contributed by atoms with Gasteiger partial charge in [0.2, 0.25) is 0 Å². The number of hydrogen-bond donors (Lipinski definition) is 0. The lowest BCUT2D eigenvalue weighted by Gasteiger charge is -2.06. The molecule has 0 aliphatic heterocycles. The molecule has 1 aromatic rings. The lowest BCUT2D eigenvalue weighted by atomic mass is 10.1. The van der Waals surface area contributed by atoms with Gasteiger partial charge in [-0.25, -0.2) is 0 Å². The molecule has 0 N–H and O–H groups in total. The zero-order chi connectivity index (χ0) is 10.6. The van der Waals surface area contributed by atoms with Crippen molar-refractivity contribution >= 4 is 17.6 Å². The van der Waals surface area contributed by atoms with E-state index in [9.17, 15) is 4.79 Å². The molecule has 0 aliphatic carbocycles. The van der Waals surface area contributed by atoms with E-state index < -0.39 is 11.3 Å². The third kappa shape index (κ3) is 2.24. The fourth-order valence-corrected chi connectivity index (χ4v) is 1.23. The van der Waals surface area contributed by atoms with Crippen LogP contribution >= 0.6 is 11.6 Å². The molecule has 0 saturated carbocycles. The summed E-state index contributed by atoms with van der Waals surface area (Å²) in [6.07, 6.45) is 0. The minimum absolute atomic E-state index is 0.469. The van der Waals surface area contributed by atoms with Crippen LogP contribution in [0, 0.1) is 11.3 Å². The van der Waals surface area contributed by atoms with Crippen molar-refractivity contribution in [1.82, 2.24) is 0 Å². The molecule has 0 unspecified atom stereocenters. The summed E-state index contributed by atoms with van der Waals surface area (Å²) in [4.78, 5) is 11.1. The van der Waals surface area contributed by atoms with Crippen molar-refractivity contribution in [2.75, 3.05) is 7.11 Å². The van der Waals surface area contributed by atoms with E-state index in [2.05, 4.69) is 4.74 Å². The van der Waals surface area contributed by atoms with Crippen LogP contribution in [0.4, 0.5) is 0 Å². The summed E-state index contributed by atoms with van der Waals surface area (Å²) in [5.41, 5.74) is 1.04. The van der Waals surface area contributed by atoms with Crippen molar-refractivity contribution in [3.63, 3.8) is 0 Å². The molecule has 3 nitrogen and oxygen atoms in total. The summed E-state index contributed by atoms with van der Waals surface area (Å²) in [6, 6.07) is 8.52. The molecule has 0 aromatic heterocycles. The van der Waals surface area contributed by atoms with E-state index in [-0.39, 0.29) is 0 Å². The van der Waals surface area contributed by atoms with Gasteiger partial charge in [-0.3, -0.25) is 4.79 Å². The maximum Gasteiger partial charge on any atom is 0.328 e. The SMILES string of the molecule is COC(=O)[C@@H](Cl)c1cccc(C#N)c1. The maximum atomic E-state index is 11.1. The fourth-order valence-electron chi connectivity index (χ4n) is 1.01. The third-order valence-electron chi connectivity index (χ3n) is 1.72. The Morgan fingerprint density at radius 2 is 2.36 bits per heavy atom. The number of halogens is 1. The van der Waals surface area contributed by atoms with Crippen LogP contribution in [-0.2, 0) is 9.53 Å². The number of methoxy groups -OCH3 is 1. The molecule has 72 valence electrons. The lowest BCUT2D eigenvalue weighted by Crippen LogP contribution is -2.08. The molecule has 0 bridgehead atoms. The van der Waals surface area contributed by atoms with E-state index >= 15 is 0 Å².